The van der Waals surface area contributed by atoms with Crippen molar-refractivity contribution in [3.8, 4) is 0 Å². The fraction of sp³-hybridized carbons (Fsp3) is 1.00. The third-order valence-corrected chi connectivity index (χ3v) is 1.47. The summed E-state index contributed by atoms with van der Waals surface area (Å²) in [5.74, 6) is 0. The van der Waals surface area contributed by atoms with Crippen molar-refractivity contribution in [3.05, 3.63) is 0 Å². The monoisotopic (exact) mass is 179 g/mol. The van der Waals surface area contributed by atoms with Gasteiger partial charge < -0.3 is 0 Å². The Morgan fingerprint density at radius 3 is 2.36 bits per heavy atom. The van der Waals surface area contributed by atoms with Crippen LogP contribution in [-0.4, -0.2) is 6.54 Å². The van der Waals surface area contributed by atoms with E-state index in [2.05, 4.69) is 17.6 Å². The SMILES string of the molecule is CCCCCCCNN=N.Cl. The largest absolute Gasteiger partial charge is 0.292 e. The fourth-order valence-corrected chi connectivity index (χ4v) is 0.864. The van der Waals surface area contributed by atoms with Crippen LogP contribution in [0.2, 0.25) is 0 Å². The van der Waals surface area contributed by atoms with Gasteiger partial charge in [-0.2, -0.15) is 5.53 Å². The minimum atomic E-state index is 0. The van der Waals surface area contributed by atoms with E-state index in [1.54, 1.807) is 0 Å². The zero-order valence-electron chi connectivity index (χ0n) is 7.10. The molecule has 0 heterocycles. The molecule has 11 heavy (non-hydrogen) atoms. The van der Waals surface area contributed by atoms with E-state index < -0.39 is 0 Å². The van der Waals surface area contributed by atoms with Gasteiger partial charge in [0.1, 0.15) is 0 Å². The number of hydrogen-bond acceptors (Lipinski definition) is 2. The first kappa shape index (κ1) is 13.3. The van der Waals surface area contributed by atoms with Crippen LogP contribution in [0.4, 0.5) is 0 Å². The minimum absolute atomic E-state index is 0. The van der Waals surface area contributed by atoms with Gasteiger partial charge in [-0.05, 0) is 6.42 Å². The molecule has 0 aromatic heterocycles. The van der Waals surface area contributed by atoms with Crippen LogP contribution in [0.3, 0.4) is 0 Å². The summed E-state index contributed by atoms with van der Waals surface area (Å²) in [5, 5.41) is 3.05. The second-order valence-electron chi connectivity index (χ2n) is 2.43. The van der Waals surface area contributed by atoms with E-state index in [1.807, 2.05) is 0 Å². The number of hydrogen-bond donors (Lipinski definition) is 2. The summed E-state index contributed by atoms with van der Waals surface area (Å²) in [6.45, 7) is 3.06. The van der Waals surface area contributed by atoms with Gasteiger partial charge in [-0.15, -0.1) is 12.4 Å². The van der Waals surface area contributed by atoms with Gasteiger partial charge >= 0.3 is 0 Å². The van der Waals surface area contributed by atoms with E-state index in [-0.39, 0.29) is 12.4 Å². The van der Waals surface area contributed by atoms with Crippen molar-refractivity contribution in [2.45, 2.75) is 39.0 Å². The molecule has 0 aliphatic rings. The van der Waals surface area contributed by atoms with E-state index >= 15 is 0 Å². The highest BCUT2D eigenvalue weighted by Gasteiger charge is 1.86. The van der Waals surface area contributed by atoms with Crippen molar-refractivity contribution in [2.75, 3.05) is 6.54 Å². The number of rotatable bonds is 7. The molecule has 0 radical (unpaired) electrons. The number of nitrogens with one attached hydrogen (secondary N) is 2. The number of unbranched alkanes of at least 4 members (excludes halogenated alkanes) is 4. The highest BCUT2D eigenvalue weighted by molar-refractivity contribution is 5.85. The van der Waals surface area contributed by atoms with Crippen LogP contribution in [-0.2, 0) is 0 Å². The minimum Gasteiger partial charge on any atom is -0.292 e. The predicted octanol–water partition coefficient (Wildman–Crippen LogP) is 2.91. The molecule has 0 aliphatic heterocycles. The Hall–Kier alpha value is -0.310. The summed E-state index contributed by atoms with van der Waals surface area (Å²) in [6, 6.07) is 0. The van der Waals surface area contributed by atoms with Crippen LogP contribution < -0.4 is 5.43 Å². The second kappa shape index (κ2) is 12.4. The van der Waals surface area contributed by atoms with Crippen molar-refractivity contribution >= 4 is 12.4 Å². The average molecular weight is 180 g/mol. The maximum Gasteiger partial charge on any atom is 0.0346 e. The van der Waals surface area contributed by atoms with Gasteiger partial charge in [-0.25, -0.2) is 0 Å². The quantitative estimate of drug-likeness (QED) is 0.353. The molecule has 0 unspecified atom stereocenters. The molecule has 4 heteroatoms. The average Bonchev–Trinajstić information content (AvgIpc) is 1.97. The first-order valence-electron chi connectivity index (χ1n) is 4.01. The maximum atomic E-state index is 6.43. The van der Waals surface area contributed by atoms with Crippen LogP contribution in [0.15, 0.2) is 5.22 Å². The van der Waals surface area contributed by atoms with Crippen molar-refractivity contribution in [3.63, 3.8) is 0 Å². The van der Waals surface area contributed by atoms with Crippen LogP contribution in [0.25, 0.3) is 0 Å². The molecular formula is C7H18ClN3. The standard InChI is InChI=1S/C7H17N3.ClH/c1-2-3-4-5-6-7-9-10-8;/h2-7H2,1H3,(H2,8,9);1H. The van der Waals surface area contributed by atoms with Crippen LogP contribution in [0, 0.1) is 5.53 Å². The van der Waals surface area contributed by atoms with E-state index in [4.69, 9.17) is 5.53 Å². The highest BCUT2D eigenvalue weighted by atomic mass is 35.5. The first-order valence-corrected chi connectivity index (χ1v) is 4.01. The zero-order valence-corrected chi connectivity index (χ0v) is 7.91. The Labute approximate surface area is 74.8 Å². The maximum absolute atomic E-state index is 6.43. The summed E-state index contributed by atoms with van der Waals surface area (Å²) in [7, 11) is 0. The van der Waals surface area contributed by atoms with E-state index in [1.165, 1.54) is 25.7 Å². The normalized spacial score (nSPS) is 8.45. The topological polar surface area (TPSA) is 48.2 Å². The predicted molar refractivity (Wildman–Crippen MR) is 49.2 cm³/mol. The molecule has 0 atom stereocenters. The van der Waals surface area contributed by atoms with Crippen molar-refractivity contribution in [1.82, 2.24) is 5.43 Å². The second-order valence-corrected chi connectivity index (χ2v) is 2.43. The Kier molecular flexibility index (Phi) is 15.0. The molecule has 0 aromatic rings. The van der Waals surface area contributed by atoms with Gasteiger partial charge in [0.25, 0.3) is 0 Å². The smallest absolute Gasteiger partial charge is 0.0346 e. The van der Waals surface area contributed by atoms with Gasteiger partial charge in [0.05, 0.1) is 0 Å². The fourth-order valence-electron chi connectivity index (χ4n) is 0.864. The van der Waals surface area contributed by atoms with Gasteiger partial charge in [0, 0.05) is 6.54 Å². The molecular weight excluding hydrogens is 162 g/mol. The molecule has 2 N–H and O–H groups in total. The zero-order chi connectivity index (χ0) is 7.66. The summed E-state index contributed by atoms with van der Waals surface area (Å²) >= 11 is 0. The number of nitrogens with zero attached hydrogens (tertiary/aromatic N) is 1. The summed E-state index contributed by atoms with van der Waals surface area (Å²) < 4.78 is 0. The lowest BCUT2D eigenvalue weighted by atomic mass is 10.2. The molecule has 68 valence electrons. The van der Waals surface area contributed by atoms with E-state index in [0.29, 0.717) is 0 Å². The van der Waals surface area contributed by atoms with Gasteiger partial charge in [-0.3, -0.25) is 5.43 Å². The summed E-state index contributed by atoms with van der Waals surface area (Å²) in [4.78, 5) is 0. The molecule has 0 saturated heterocycles. The molecule has 0 saturated carbocycles. The Bertz CT molecular complexity index is 78.1. The van der Waals surface area contributed by atoms with Crippen molar-refractivity contribution in [1.29, 1.82) is 5.53 Å². The lowest BCUT2D eigenvalue weighted by Gasteiger charge is -1.97. The third-order valence-electron chi connectivity index (χ3n) is 1.47. The molecule has 0 aliphatic carbocycles. The molecule has 0 amide bonds. The van der Waals surface area contributed by atoms with E-state index in [9.17, 15) is 0 Å². The third kappa shape index (κ3) is 12.8. The molecule has 0 aromatic carbocycles. The van der Waals surface area contributed by atoms with Crippen LogP contribution in [0.5, 0.6) is 0 Å². The first-order chi connectivity index (χ1) is 4.91. The Morgan fingerprint density at radius 1 is 1.18 bits per heavy atom. The molecule has 3 nitrogen and oxygen atoms in total. The van der Waals surface area contributed by atoms with Crippen molar-refractivity contribution < 1.29 is 0 Å². The Balaban J connectivity index is 0. The van der Waals surface area contributed by atoms with Gasteiger partial charge in [0.15, 0.2) is 0 Å². The summed E-state index contributed by atoms with van der Waals surface area (Å²) in [5.41, 5.74) is 9.05. The lowest BCUT2D eigenvalue weighted by Crippen LogP contribution is -2.05. The molecule has 0 bridgehead atoms. The molecule has 0 spiro atoms. The van der Waals surface area contributed by atoms with Crippen LogP contribution >= 0.6 is 12.4 Å². The van der Waals surface area contributed by atoms with Gasteiger partial charge in [-0.1, -0.05) is 37.8 Å². The molecule has 0 rings (SSSR count). The molecule has 0 fully saturated rings. The number of halogens is 1. The van der Waals surface area contributed by atoms with Crippen molar-refractivity contribution in [2.24, 2.45) is 5.22 Å². The van der Waals surface area contributed by atoms with Crippen LogP contribution in [0.1, 0.15) is 39.0 Å². The summed E-state index contributed by atoms with van der Waals surface area (Å²) in [6.07, 6.45) is 6.34. The van der Waals surface area contributed by atoms with Gasteiger partial charge in [0.2, 0.25) is 0 Å². The Morgan fingerprint density at radius 2 is 1.82 bits per heavy atom. The lowest BCUT2D eigenvalue weighted by molar-refractivity contribution is 0.578. The highest BCUT2D eigenvalue weighted by Crippen LogP contribution is 2.00. The van der Waals surface area contributed by atoms with E-state index in [0.717, 1.165) is 13.0 Å².